The van der Waals surface area contributed by atoms with Gasteiger partial charge in [0.25, 0.3) is 5.91 Å². The summed E-state index contributed by atoms with van der Waals surface area (Å²) in [5, 5.41) is 6.36. The third-order valence-electron chi connectivity index (χ3n) is 3.39. The molecule has 20 heavy (non-hydrogen) atoms. The first kappa shape index (κ1) is 12.7. The summed E-state index contributed by atoms with van der Waals surface area (Å²) in [6.45, 7) is 2.00. The maximum atomic E-state index is 12.4. The van der Waals surface area contributed by atoms with Gasteiger partial charge in [-0.3, -0.25) is 4.79 Å². The molecule has 3 rings (SSSR count). The van der Waals surface area contributed by atoms with E-state index in [9.17, 15) is 4.79 Å². The molecule has 0 saturated heterocycles. The largest absolute Gasteiger partial charge is 0.382 e. The Bertz CT molecular complexity index is 618. The van der Waals surface area contributed by atoms with Crippen LogP contribution in [0.4, 0.5) is 11.4 Å². The lowest BCUT2D eigenvalue weighted by Gasteiger charge is -2.12. The Balaban J connectivity index is 1.83. The van der Waals surface area contributed by atoms with Gasteiger partial charge in [-0.15, -0.1) is 0 Å². The second kappa shape index (κ2) is 5.37. The molecule has 1 saturated carbocycles. The van der Waals surface area contributed by atoms with E-state index in [0.29, 0.717) is 11.6 Å². The molecule has 0 atom stereocenters. The van der Waals surface area contributed by atoms with Gasteiger partial charge in [0.1, 0.15) is 0 Å². The van der Waals surface area contributed by atoms with Crippen LogP contribution >= 0.6 is 0 Å². The van der Waals surface area contributed by atoms with Crippen molar-refractivity contribution in [3.05, 3.63) is 59.7 Å². The van der Waals surface area contributed by atoms with Crippen molar-refractivity contribution in [2.45, 2.75) is 25.8 Å². The number of para-hydroxylation sites is 1. The topological polar surface area (TPSA) is 41.1 Å². The Kier molecular flexibility index (Phi) is 3.42. The third-order valence-corrected chi connectivity index (χ3v) is 3.39. The first-order chi connectivity index (χ1) is 9.72. The lowest BCUT2D eigenvalue weighted by Crippen LogP contribution is -2.15. The Morgan fingerprint density at radius 3 is 2.55 bits per heavy atom. The van der Waals surface area contributed by atoms with Crippen LogP contribution in [-0.2, 0) is 0 Å². The van der Waals surface area contributed by atoms with E-state index in [1.165, 1.54) is 12.8 Å². The van der Waals surface area contributed by atoms with Crippen molar-refractivity contribution >= 4 is 17.3 Å². The van der Waals surface area contributed by atoms with Crippen LogP contribution in [0.2, 0.25) is 0 Å². The van der Waals surface area contributed by atoms with Crippen LogP contribution in [0.3, 0.4) is 0 Å². The molecule has 3 heteroatoms. The second-order valence-corrected chi connectivity index (χ2v) is 5.29. The molecule has 0 aromatic heterocycles. The molecule has 1 aliphatic carbocycles. The van der Waals surface area contributed by atoms with Gasteiger partial charge in [0, 0.05) is 17.4 Å². The van der Waals surface area contributed by atoms with Crippen molar-refractivity contribution in [3.63, 3.8) is 0 Å². The quantitative estimate of drug-likeness (QED) is 0.883. The summed E-state index contributed by atoms with van der Waals surface area (Å²) in [4.78, 5) is 12.4. The Labute approximate surface area is 119 Å². The van der Waals surface area contributed by atoms with E-state index in [-0.39, 0.29) is 5.91 Å². The van der Waals surface area contributed by atoms with Gasteiger partial charge in [-0.05, 0) is 44.0 Å². The molecule has 0 radical (unpaired) electrons. The summed E-state index contributed by atoms with van der Waals surface area (Å²) >= 11 is 0. The molecule has 3 nitrogen and oxygen atoms in total. The van der Waals surface area contributed by atoms with Gasteiger partial charge in [0.15, 0.2) is 0 Å². The van der Waals surface area contributed by atoms with Crippen molar-refractivity contribution in [1.29, 1.82) is 0 Å². The average Bonchev–Trinajstić information content (AvgIpc) is 3.26. The third kappa shape index (κ3) is 2.99. The molecule has 0 bridgehead atoms. The zero-order valence-electron chi connectivity index (χ0n) is 11.5. The lowest BCUT2D eigenvalue weighted by molar-refractivity contribution is 0.102. The summed E-state index contributed by atoms with van der Waals surface area (Å²) in [6, 6.07) is 16.0. The molecule has 1 fully saturated rings. The number of hydrogen-bond donors (Lipinski definition) is 2. The molecule has 2 aromatic carbocycles. The Hall–Kier alpha value is -2.29. The molecule has 0 aliphatic heterocycles. The van der Waals surface area contributed by atoms with Crippen molar-refractivity contribution in [3.8, 4) is 0 Å². The van der Waals surface area contributed by atoms with Crippen LogP contribution in [0.1, 0.15) is 28.8 Å². The average molecular weight is 266 g/mol. The van der Waals surface area contributed by atoms with E-state index < -0.39 is 0 Å². The monoisotopic (exact) mass is 266 g/mol. The van der Waals surface area contributed by atoms with E-state index in [2.05, 4.69) is 10.6 Å². The number of hydrogen-bond acceptors (Lipinski definition) is 2. The van der Waals surface area contributed by atoms with Gasteiger partial charge in [0.05, 0.1) is 5.56 Å². The molecule has 0 heterocycles. The highest BCUT2D eigenvalue weighted by Gasteiger charge is 2.23. The van der Waals surface area contributed by atoms with Crippen LogP contribution in [0, 0.1) is 6.92 Å². The van der Waals surface area contributed by atoms with E-state index in [1.807, 2.05) is 55.5 Å². The summed E-state index contributed by atoms with van der Waals surface area (Å²) in [7, 11) is 0. The zero-order chi connectivity index (χ0) is 13.9. The van der Waals surface area contributed by atoms with Crippen LogP contribution in [0.15, 0.2) is 48.5 Å². The van der Waals surface area contributed by atoms with Crippen LogP contribution in [-0.4, -0.2) is 11.9 Å². The molecule has 0 spiro atoms. The number of rotatable bonds is 4. The van der Waals surface area contributed by atoms with Crippen molar-refractivity contribution < 1.29 is 4.79 Å². The molecule has 2 aromatic rings. The van der Waals surface area contributed by atoms with Gasteiger partial charge in [-0.25, -0.2) is 0 Å². The van der Waals surface area contributed by atoms with Crippen LogP contribution in [0.5, 0.6) is 0 Å². The minimum absolute atomic E-state index is 0.0666. The molecular weight excluding hydrogens is 248 g/mol. The predicted octanol–water partition coefficient (Wildman–Crippen LogP) is 3.82. The molecule has 102 valence electrons. The number of nitrogens with one attached hydrogen (secondary N) is 2. The van der Waals surface area contributed by atoms with E-state index in [4.69, 9.17) is 0 Å². The second-order valence-electron chi connectivity index (χ2n) is 5.29. The van der Waals surface area contributed by atoms with Gasteiger partial charge >= 0.3 is 0 Å². The molecule has 1 amide bonds. The molecule has 1 aliphatic rings. The highest BCUT2D eigenvalue weighted by molar-refractivity contribution is 6.08. The van der Waals surface area contributed by atoms with Gasteiger partial charge in [-0.1, -0.05) is 29.8 Å². The number of anilines is 2. The SMILES string of the molecule is Cc1ccc(NC2CC2)c(C(=O)Nc2ccccc2)c1. The normalized spacial score (nSPS) is 13.8. The highest BCUT2D eigenvalue weighted by atomic mass is 16.1. The fraction of sp³-hybridized carbons (Fsp3) is 0.235. The van der Waals surface area contributed by atoms with E-state index >= 15 is 0 Å². The minimum Gasteiger partial charge on any atom is -0.382 e. The Morgan fingerprint density at radius 1 is 1.10 bits per heavy atom. The molecule has 2 N–H and O–H groups in total. The number of benzene rings is 2. The van der Waals surface area contributed by atoms with Crippen LogP contribution in [0.25, 0.3) is 0 Å². The van der Waals surface area contributed by atoms with Crippen LogP contribution < -0.4 is 10.6 Å². The fourth-order valence-corrected chi connectivity index (χ4v) is 2.14. The predicted molar refractivity (Wildman–Crippen MR) is 82.2 cm³/mol. The number of carbonyl (C=O) groups excluding carboxylic acids is 1. The van der Waals surface area contributed by atoms with Crippen molar-refractivity contribution in [1.82, 2.24) is 0 Å². The Morgan fingerprint density at radius 2 is 1.85 bits per heavy atom. The van der Waals surface area contributed by atoms with Crippen molar-refractivity contribution in [2.75, 3.05) is 10.6 Å². The summed E-state index contributed by atoms with van der Waals surface area (Å²) in [6.07, 6.45) is 2.38. The fourth-order valence-electron chi connectivity index (χ4n) is 2.14. The standard InChI is InChI=1S/C17H18N2O/c1-12-7-10-16(18-14-8-9-14)15(11-12)17(20)19-13-5-3-2-4-6-13/h2-7,10-11,14,18H,8-9H2,1H3,(H,19,20). The molecule has 0 unspecified atom stereocenters. The van der Waals surface area contributed by atoms with Gasteiger partial charge in [0.2, 0.25) is 0 Å². The first-order valence-electron chi connectivity index (χ1n) is 6.96. The summed E-state index contributed by atoms with van der Waals surface area (Å²) in [5.41, 5.74) is 3.54. The van der Waals surface area contributed by atoms with E-state index in [1.54, 1.807) is 0 Å². The van der Waals surface area contributed by atoms with E-state index in [0.717, 1.165) is 16.9 Å². The molecular formula is C17H18N2O. The zero-order valence-corrected chi connectivity index (χ0v) is 11.5. The van der Waals surface area contributed by atoms with Crippen molar-refractivity contribution in [2.24, 2.45) is 0 Å². The van der Waals surface area contributed by atoms with Gasteiger partial charge in [-0.2, -0.15) is 0 Å². The maximum absolute atomic E-state index is 12.4. The minimum atomic E-state index is -0.0666. The number of amides is 1. The summed E-state index contributed by atoms with van der Waals surface area (Å²) < 4.78 is 0. The maximum Gasteiger partial charge on any atom is 0.257 e. The van der Waals surface area contributed by atoms with Gasteiger partial charge < -0.3 is 10.6 Å². The lowest BCUT2D eigenvalue weighted by atomic mass is 10.1. The highest BCUT2D eigenvalue weighted by Crippen LogP contribution is 2.27. The number of aryl methyl sites for hydroxylation is 1. The first-order valence-corrected chi connectivity index (χ1v) is 6.96. The smallest absolute Gasteiger partial charge is 0.257 e. The number of carbonyl (C=O) groups is 1. The summed E-state index contributed by atoms with van der Waals surface area (Å²) in [5.74, 6) is -0.0666.